The maximum atomic E-state index is 12.3. The summed E-state index contributed by atoms with van der Waals surface area (Å²) in [6.45, 7) is 1.36. The number of carboxylic acid groups (broad SMARTS) is 1. The van der Waals surface area contributed by atoms with E-state index in [0.717, 1.165) is 37.0 Å². The summed E-state index contributed by atoms with van der Waals surface area (Å²) in [5.41, 5.74) is 0. The zero-order valence-corrected chi connectivity index (χ0v) is 14.0. The fraction of sp³-hybridized carbons (Fsp3) is 0.692. The molecule has 1 aromatic rings. The van der Waals surface area contributed by atoms with Crippen LogP contribution in [0.3, 0.4) is 0 Å². The summed E-state index contributed by atoms with van der Waals surface area (Å²) >= 11 is 1.07. The van der Waals surface area contributed by atoms with Gasteiger partial charge in [0.15, 0.2) is 0 Å². The van der Waals surface area contributed by atoms with Gasteiger partial charge in [-0.05, 0) is 12.8 Å². The summed E-state index contributed by atoms with van der Waals surface area (Å²) in [4.78, 5) is 14.9. The van der Waals surface area contributed by atoms with E-state index in [1.165, 1.54) is 16.9 Å². The van der Waals surface area contributed by atoms with Gasteiger partial charge >= 0.3 is 5.97 Å². The standard InChI is InChI=1S/C13H21N3O4S2/c17-13(18)11-10-14-12(21-11)6-7-15-22(19,20)16-8-4-2-1-3-5-9-16/h10,15H,1-9H2,(H,17,18). The number of aromatic nitrogens is 1. The Bertz CT molecular complexity index is 592. The van der Waals surface area contributed by atoms with Gasteiger partial charge < -0.3 is 5.11 Å². The lowest BCUT2D eigenvalue weighted by Crippen LogP contribution is -2.42. The Morgan fingerprint density at radius 2 is 1.91 bits per heavy atom. The van der Waals surface area contributed by atoms with Gasteiger partial charge in [-0.2, -0.15) is 12.7 Å². The van der Waals surface area contributed by atoms with Gasteiger partial charge in [-0.15, -0.1) is 11.3 Å². The molecule has 0 radical (unpaired) electrons. The molecule has 1 aromatic heterocycles. The molecule has 0 unspecified atom stereocenters. The molecule has 22 heavy (non-hydrogen) atoms. The Hall–Kier alpha value is -1.03. The van der Waals surface area contributed by atoms with Crippen molar-refractivity contribution in [3.8, 4) is 0 Å². The highest BCUT2D eigenvalue weighted by Gasteiger charge is 2.21. The molecule has 0 spiro atoms. The molecule has 2 rings (SSSR count). The van der Waals surface area contributed by atoms with Crippen LogP contribution in [0.25, 0.3) is 0 Å². The molecular formula is C13H21N3O4S2. The van der Waals surface area contributed by atoms with Gasteiger partial charge in [0.1, 0.15) is 4.88 Å². The van der Waals surface area contributed by atoms with Crippen molar-refractivity contribution in [1.82, 2.24) is 14.0 Å². The summed E-state index contributed by atoms with van der Waals surface area (Å²) < 4.78 is 28.6. The third kappa shape index (κ3) is 5.01. The molecule has 0 aromatic carbocycles. The minimum Gasteiger partial charge on any atom is -0.477 e. The van der Waals surface area contributed by atoms with E-state index in [2.05, 4.69) is 9.71 Å². The number of carboxylic acids is 1. The topological polar surface area (TPSA) is 99.6 Å². The van der Waals surface area contributed by atoms with Gasteiger partial charge in [0.2, 0.25) is 0 Å². The molecule has 1 aliphatic rings. The molecule has 1 saturated heterocycles. The predicted molar refractivity (Wildman–Crippen MR) is 84.4 cm³/mol. The third-order valence-corrected chi connectivity index (χ3v) is 6.20. The average molecular weight is 347 g/mol. The van der Waals surface area contributed by atoms with E-state index in [-0.39, 0.29) is 11.4 Å². The highest BCUT2D eigenvalue weighted by atomic mass is 32.2. The van der Waals surface area contributed by atoms with E-state index in [4.69, 9.17) is 5.11 Å². The smallest absolute Gasteiger partial charge is 0.347 e. The second-order valence-corrected chi connectivity index (χ2v) is 8.11. The van der Waals surface area contributed by atoms with Gasteiger partial charge in [-0.1, -0.05) is 19.3 Å². The normalized spacial score (nSPS) is 17.8. The molecular weight excluding hydrogens is 326 g/mol. The quantitative estimate of drug-likeness (QED) is 0.812. The summed E-state index contributed by atoms with van der Waals surface area (Å²) in [6.07, 6.45) is 6.81. The number of carbonyl (C=O) groups is 1. The van der Waals surface area contributed by atoms with Crippen LogP contribution in [0.4, 0.5) is 0 Å². The predicted octanol–water partition coefficient (Wildman–Crippen LogP) is 1.48. The molecule has 2 N–H and O–H groups in total. The van der Waals surface area contributed by atoms with Crippen LogP contribution in [0.5, 0.6) is 0 Å². The van der Waals surface area contributed by atoms with Crippen molar-refractivity contribution in [3.63, 3.8) is 0 Å². The summed E-state index contributed by atoms with van der Waals surface area (Å²) in [5.74, 6) is -1.01. The van der Waals surface area contributed by atoms with E-state index in [1.54, 1.807) is 0 Å². The lowest BCUT2D eigenvalue weighted by Gasteiger charge is -2.24. The van der Waals surface area contributed by atoms with E-state index in [9.17, 15) is 13.2 Å². The number of aromatic carboxylic acids is 1. The number of nitrogens with one attached hydrogen (secondary N) is 1. The highest BCUT2D eigenvalue weighted by molar-refractivity contribution is 7.87. The van der Waals surface area contributed by atoms with Gasteiger partial charge in [-0.3, -0.25) is 0 Å². The molecule has 124 valence electrons. The van der Waals surface area contributed by atoms with Crippen LogP contribution in [0, 0.1) is 0 Å². The lowest BCUT2D eigenvalue weighted by molar-refractivity contribution is 0.0702. The Kier molecular flexibility index (Phi) is 6.30. The SMILES string of the molecule is O=C(O)c1cnc(CCNS(=O)(=O)N2CCCCCCC2)s1. The van der Waals surface area contributed by atoms with E-state index < -0.39 is 16.2 Å². The summed E-state index contributed by atoms with van der Waals surface area (Å²) in [5, 5.41) is 9.44. The number of nitrogens with zero attached hydrogens (tertiary/aromatic N) is 2. The number of thiazole rings is 1. The van der Waals surface area contributed by atoms with Gasteiger partial charge in [0.05, 0.1) is 11.2 Å². The maximum absolute atomic E-state index is 12.3. The van der Waals surface area contributed by atoms with E-state index in [0.29, 0.717) is 24.5 Å². The highest BCUT2D eigenvalue weighted by Crippen LogP contribution is 2.14. The van der Waals surface area contributed by atoms with Crippen LogP contribution < -0.4 is 4.72 Å². The Morgan fingerprint density at radius 3 is 2.50 bits per heavy atom. The van der Waals surface area contributed by atoms with Gasteiger partial charge in [0, 0.05) is 26.1 Å². The van der Waals surface area contributed by atoms with E-state index >= 15 is 0 Å². The number of rotatable bonds is 6. The zero-order chi connectivity index (χ0) is 16.0. The van der Waals surface area contributed by atoms with Gasteiger partial charge in [0.25, 0.3) is 10.2 Å². The van der Waals surface area contributed by atoms with Crippen LogP contribution in [-0.2, 0) is 16.6 Å². The fourth-order valence-corrected chi connectivity index (χ4v) is 4.40. The molecule has 7 nitrogen and oxygen atoms in total. The molecule has 2 heterocycles. The van der Waals surface area contributed by atoms with Crippen LogP contribution >= 0.6 is 11.3 Å². The molecule has 1 fully saturated rings. The molecule has 1 aliphatic heterocycles. The lowest BCUT2D eigenvalue weighted by atomic mass is 10.1. The van der Waals surface area contributed by atoms with Crippen molar-refractivity contribution in [3.05, 3.63) is 16.1 Å². The average Bonchev–Trinajstić information content (AvgIpc) is 2.86. The van der Waals surface area contributed by atoms with Crippen LogP contribution in [-0.4, -0.2) is 48.4 Å². The molecule has 0 atom stereocenters. The van der Waals surface area contributed by atoms with Crippen molar-refractivity contribution in [1.29, 1.82) is 0 Å². The van der Waals surface area contributed by atoms with Crippen LogP contribution in [0.15, 0.2) is 6.20 Å². The van der Waals surface area contributed by atoms with Crippen LogP contribution in [0.2, 0.25) is 0 Å². The maximum Gasteiger partial charge on any atom is 0.347 e. The first-order valence-electron chi connectivity index (χ1n) is 7.42. The molecule has 0 amide bonds. The summed E-state index contributed by atoms with van der Waals surface area (Å²) in [6, 6.07) is 0. The first kappa shape index (κ1) is 17.3. The Labute approximate surface area is 134 Å². The third-order valence-electron chi connectivity index (χ3n) is 3.54. The molecule has 0 bridgehead atoms. The van der Waals surface area contributed by atoms with Gasteiger partial charge in [-0.25, -0.2) is 14.5 Å². The van der Waals surface area contributed by atoms with Crippen molar-refractivity contribution in [2.24, 2.45) is 0 Å². The van der Waals surface area contributed by atoms with Crippen LogP contribution in [0.1, 0.15) is 46.8 Å². The largest absolute Gasteiger partial charge is 0.477 e. The second kappa shape index (κ2) is 8.00. The molecule has 9 heteroatoms. The summed E-state index contributed by atoms with van der Waals surface area (Å²) in [7, 11) is -3.46. The van der Waals surface area contributed by atoms with E-state index in [1.807, 2.05) is 0 Å². The van der Waals surface area contributed by atoms with Crippen molar-refractivity contribution >= 4 is 27.5 Å². The fourth-order valence-electron chi connectivity index (χ4n) is 2.36. The first-order chi connectivity index (χ1) is 10.5. The number of hydrogen-bond acceptors (Lipinski definition) is 5. The Balaban J connectivity index is 1.84. The minimum atomic E-state index is -3.46. The monoisotopic (exact) mass is 347 g/mol. The van der Waals surface area contributed by atoms with Crippen molar-refractivity contribution in [2.45, 2.75) is 38.5 Å². The second-order valence-electron chi connectivity index (χ2n) is 5.24. The number of hydrogen-bond donors (Lipinski definition) is 2. The van der Waals surface area contributed by atoms with Crippen molar-refractivity contribution in [2.75, 3.05) is 19.6 Å². The molecule has 0 saturated carbocycles. The zero-order valence-electron chi connectivity index (χ0n) is 12.3. The molecule has 0 aliphatic carbocycles. The minimum absolute atomic E-state index is 0.168. The first-order valence-corrected chi connectivity index (χ1v) is 9.67. The van der Waals surface area contributed by atoms with Crippen molar-refractivity contribution < 1.29 is 18.3 Å². The Morgan fingerprint density at radius 1 is 1.27 bits per heavy atom.